The molecule has 1 fully saturated rings. The fourth-order valence-corrected chi connectivity index (χ4v) is 3.08. The van der Waals surface area contributed by atoms with Crippen LogP contribution in [-0.2, 0) is 20.9 Å². The summed E-state index contributed by atoms with van der Waals surface area (Å²) in [7, 11) is 0. The number of hydrogen-bond acceptors (Lipinski definition) is 4. The molecule has 7 nitrogen and oxygen atoms in total. The molecule has 1 aromatic rings. The molecule has 0 aliphatic carbocycles. The minimum Gasteiger partial charge on any atom is -0.473 e. The number of aryl methyl sites for hydroxylation is 1. The van der Waals surface area contributed by atoms with Gasteiger partial charge in [-0.3, -0.25) is 9.69 Å². The van der Waals surface area contributed by atoms with E-state index in [4.69, 9.17) is 19.8 Å². The van der Waals surface area contributed by atoms with Crippen LogP contribution in [0.4, 0.5) is 0 Å². The smallest absolute Gasteiger partial charge is 0.414 e. The number of likely N-dealkylation sites (tertiary alicyclic amines) is 1. The fraction of sp³-hybridized carbons (Fsp3) is 0.550. The number of hydrogen-bond donors (Lipinski definition) is 2. The summed E-state index contributed by atoms with van der Waals surface area (Å²) in [6.07, 6.45) is 2.00. The van der Waals surface area contributed by atoms with Crippen molar-refractivity contribution in [1.29, 1.82) is 0 Å². The molecule has 0 spiro atoms. The molecule has 1 aliphatic rings. The summed E-state index contributed by atoms with van der Waals surface area (Å²) in [5.41, 5.74) is 2.68. The lowest BCUT2D eigenvalue weighted by atomic mass is 9.95. The summed E-state index contributed by atoms with van der Waals surface area (Å²) in [6, 6.07) is 8.77. The minimum absolute atomic E-state index is 0.235. The first-order chi connectivity index (χ1) is 12.8. The molecule has 27 heavy (non-hydrogen) atoms. The molecule has 150 valence electrons. The van der Waals surface area contributed by atoms with Crippen molar-refractivity contribution in [3.05, 3.63) is 35.4 Å². The molecule has 1 aromatic carbocycles. The molecule has 0 radical (unpaired) electrons. The topological polar surface area (TPSA) is 98.2 Å². The van der Waals surface area contributed by atoms with E-state index in [2.05, 4.69) is 49.9 Å². The van der Waals surface area contributed by atoms with E-state index in [1.807, 2.05) is 4.90 Å². The SMILES string of the molecule is CCN(CC)C(=O)C1CCN(Cc2ccc(C)cc2)CC1.O=C(O)C(=O)O. The molecule has 0 unspecified atom stereocenters. The van der Waals surface area contributed by atoms with E-state index < -0.39 is 11.9 Å². The predicted molar refractivity (Wildman–Crippen MR) is 102 cm³/mol. The van der Waals surface area contributed by atoms with Crippen molar-refractivity contribution in [2.24, 2.45) is 5.92 Å². The van der Waals surface area contributed by atoms with Crippen LogP contribution >= 0.6 is 0 Å². The van der Waals surface area contributed by atoms with Gasteiger partial charge < -0.3 is 15.1 Å². The van der Waals surface area contributed by atoms with Gasteiger partial charge in [0.2, 0.25) is 5.91 Å². The van der Waals surface area contributed by atoms with E-state index in [1.165, 1.54) is 11.1 Å². The Morgan fingerprint density at radius 3 is 1.89 bits per heavy atom. The number of benzene rings is 1. The Balaban J connectivity index is 0.000000527. The molecular formula is C20H30N2O5. The van der Waals surface area contributed by atoms with Gasteiger partial charge in [0.05, 0.1) is 0 Å². The summed E-state index contributed by atoms with van der Waals surface area (Å²) >= 11 is 0. The van der Waals surface area contributed by atoms with Gasteiger partial charge in [0, 0.05) is 25.6 Å². The number of carbonyl (C=O) groups excluding carboxylic acids is 1. The summed E-state index contributed by atoms with van der Waals surface area (Å²) in [5, 5.41) is 14.8. The Morgan fingerprint density at radius 1 is 1.00 bits per heavy atom. The first-order valence-corrected chi connectivity index (χ1v) is 9.31. The molecule has 2 rings (SSSR count). The average Bonchev–Trinajstić information content (AvgIpc) is 2.65. The van der Waals surface area contributed by atoms with Crippen molar-refractivity contribution in [2.45, 2.75) is 40.2 Å². The van der Waals surface area contributed by atoms with E-state index in [9.17, 15) is 4.79 Å². The van der Waals surface area contributed by atoms with Crippen molar-refractivity contribution in [2.75, 3.05) is 26.2 Å². The Bertz CT molecular complexity index is 606. The summed E-state index contributed by atoms with van der Waals surface area (Å²) < 4.78 is 0. The molecule has 1 heterocycles. The molecule has 1 amide bonds. The monoisotopic (exact) mass is 378 g/mol. The third kappa shape index (κ3) is 7.78. The largest absolute Gasteiger partial charge is 0.473 e. The molecule has 1 aliphatic heterocycles. The number of nitrogens with zero attached hydrogens (tertiary/aromatic N) is 2. The minimum atomic E-state index is -1.82. The average molecular weight is 378 g/mol. The van der Waals surface area contributed by atoms with Crippen molar-refractivity contribution in [1.82, 2.24) is 9.80 Å². The van der Waals surface area contributed by atoms with E-state index in [0.29, 0.717) is 5.91 Å². The van der Waals surface area contributed by atoms with Crippen LogP contribution in [-0.4, -0.2) is 64.0 Å². The van der Waals surface area contributed by atoms with Crippen molar-refractivity contribution >= 4 is 17.8 Å². The number of amides is 1. The zero-order valence-corrected chi connectivity index (χ0v) is 16.4. The lowest BCUT2D eigenvalue weighted by molar-refractivity contribution is -0.159. The number of carboxylic acid groups (broad SMARTS) is 2. The van der Waals surface area contributed by atoms with Crippen LogP contribution in [0.1, 0.15) is 37.8 Å². The summed E-state index contributed by atoms with van der Waals surface area (Å²) in [6.45, 7) is 11.0. The second kappa shape index (κ2) is 11.3. The van der Waals surface area contributed by atoms with Gasteiger partial charge in [0.1, 0.15) is 0 Å². The van der Waals surface area contributed by atoms with Crippen LogP contribution in [0.3, 0.4) is 0 Å². The lowest BCUT2D eigenvalue weighted by Gasteiger charge is -2.33. The first kappa shape index (κ1) is 22.6. The van der Waals surface area contributed by atoms with E-state index in [1.54, 1.807) is 0 Å². The van der Waals surface area contributed by atoms with Crippen LogP contribution in [0.2, 0.25) is 0 Å². The van der Waals surface area contributed by atoms with Gasteiger partial charge in [-0.1, -0.05) is 29.8 Å². The third-order valence-electron chi connectivity index (χ3n) is 4.72. The van der Waals surface area contributed by atoms with E-state index >= 15 is 0 Å². The molecule has 0 bridgehead atoms. The Hall–Kier alpha value is -2.41. The summed E-state index contributed by atoms with van der Waals surface area (Å²) in [5.74, 6) is -3.06. The van der Waals surface area contributed by atoms with Crippen LogP contribution in [0.25, 0.3) is 0 Å². The van der Waals surface area contributed by atoms with Gasteiger partial charge in [-0.2, -0.15) is 0 Å². The zero-order chi connectivity index (χ0) is 20.4. The van der Waals surface area contributed by atoms with Gasteiger partial charge in [-0.15, -0.1) is 0 Å². The highest BCUT2D eigenvalue weighted by Crippen LogP contribution is 2.21. The second-order valence-corrected chi connectivity index (χ2v) is 6.66. The normalized spacial score (nSPS) is 14.8. The number of rotatable bonds is 5. The van der Waals surface area contributed by atoms with Crippen molar-refractivity contribution in [3.63, 3.8) is 0 Å². The predicted octanol–water partition coefficient (Wildman–Crippen LogP) is 2.23. The van der Waals surface area contributed by atoms with Crippen LogP contribution in [0.5, 0.6) is 0 Å². The van der Waals surface area contributed by atoms with Gasteiger partial charge in [0.25, 0.3) is 0 Å². The maximum absolute atomic E-state index is 12.4. The zero-order valence-electron chi connectivity index (χ0n) is 16.4. The molecule has 1 saturated heterocycles. The van der Waals surface area contributed by atoms with Crippen LogP contribution in [0, 0.1) is 12.8 Å². The number of carbonyl (C=O) groups is 3. The quantitative estimate of drug-likeness (QED) is 0.763. The number of piperidine rings is 1. The molecule has 0 aromatic heterocycles. The third-order valence-corrected chi connectivity index (χ3v) is 4.72. The van der Waals surface area contributed by atoms with Gasteiger partial charge in [0.15, 0.2) is 0 Å². The van der Waals surface area contributed by atoms with E-state index in [-0.39, 0.29) is 5.92 Å². The second-order valence-electron chi connectivity index (χ2n) is 6.66. The highest BCUT2D eigenvalue weighted by atomic mass is 16.4. The summed E-state index contributed by atoms with van der Waals surface area (Å²) in [4.78, 5) is 35.0. The molecule has 0 atom stereocenters. The van der Waals surface area contributed by atoms with Crippen molar-refractivity contribution < 1.29 is 24.6 Å². The van der Waals surface area contributed by atoms with Crippen LogP contribution in [0.15, 0.2) is 24.3 Å². The molecule has 7 heteroatoms. The number of carboxylic acids is 2. The van der Waals surface area contributed by atoms with Crippen molar-refractivity contribution in [3.8, 4) is 0 Å². The lowest BCUT2D eigenvalue weighted by Crippen LogP contribution is -2.42. The van der Waals surface area contributed by atoms with Gasteiger partial charge in [-0.25, -0.2) is 9.59 Å². The highest BCUT2D eigenvalue weighted by molar-refractivity contribution is 6.27. The Labute approximate surface area is 160 Å². The van der Waals surface area contributed by atoms with Gasteiger partial charge in [-0.05, 0) is 52.3 Å². The van der Waals surface area contributed by atoms with Crippen LogP contribution < -0.4 is 0 Å². The Morgan fingerprint density at radius 2 is 1.48 bits per heavy atom. The maximum atomic E-state index is 12.4. The Kier molecular flexibility index (Phi) is 9.50. The molecular weight excluding hydrogens is 348 g/mol. The maximum Gasteiger partial charge on any atom is 0.414 e. The molecule has 0 saturated carbocycles. The standard InChI is InChI=1S/C18H28N2O.C2H2O4/c1-4-20(5-2)18(21)17-10-12-19(13-11-17)14-16-8-6-15(3)7-9-16;3-1(4)2(5)6/h6-9,17H,4-5,10-14H2,1-3H3;(H,3,4)(H,5,6). The van der Waals surface area contributed by atoms with E-state index in [0.717, 1.165) is 45.6 Å². The first-order valence-electron chi connectivity index (χ1n) is 9.31. The molecule has 2 N–H and O–H groups in total. The van der Waals surface area contributed by atoms with Gasteiger partial charge >= 0.3 is 11.9 Å². The highest BCUT2D eigenvalue weighted by Gasteiger charge is 2.27. The fourth-order valence-electron chi connectivity index (χ4n) is 3.08. The number of aliphatic carboxylic acids is 2.